The van der Waals surface area contributed by atoms with Gasteiger partial charge < -0.3 is 12.4 Å². The summed E-state index contributed by atoms with van der Waals surface area (Å²) < 4.78 is 4.42. The second-order valence-electron chi connectivity index (χ2n) is 4.92. The van der Waals surface area contributed by atoms with Crippen LogP contribution in [0.25, 0.3) is 5.65 Å². The van der Waals surface area contributed by atoms with E-state index in [1.807, 2.05) is 18.2 Å². The predicted octanol–water partition coefficient (Wildman–Crippen LogP) is 0.549. The number of imidazole rings is 1. The van der Waals surface area contributed by atoms with Crippen LogP contribution in [0.15, 0.2) is 48.8 Å². The zero-order chi connectivity index (χ0) is 13.4. The van der Waals surface area contributed by atoms with E-state index in [2.05, 4.69) is 53.4 Å². The van der Waals surface area contributed by atoms with Crippen LogP contribution in [0, 0.1) is 13.8 Å². The maximum Gasteiger partial charge on any atom is 0.286 e. The van der Waals surface area contributed by atoms with E-state index in [1.54, 1.807) is 0 Å². The van der Waals surface area contributed by atoms with Gasteiger partial charge in [0.25, 0.3) is 5.65 Å². The number of aryl methyl sites for hydroxylation is 2. The Kier molecular flexibility index (Phi) is 4.36. The summed E-state index contributed by atoms with van der Waals surface area (Å²) in [7, 11) is 0. The Labute approximate surface area is 130 Å². The van der Waals surface area contributed by atoms with Crippen LogP contribution in [0.5, 0.6) is 0 Å². The lowest BCUT2D eigenvalue weighted by Gasteiger charge is -2.02. The minimum Gasteiger partial charge on any atom is -1.00 e. The molecule has 0 atom stereocenters. The molecule has 3 rings (SSSR count). The van der Waals surface area contributed by atoms with Crippen LogP contribution in [0.3, 0.4) is 0 Å². The van der Waals surface area contributed by atoms with Gasteiger partial charge in [-0.15, -0.1) is 0 Å². The Hall–Kier alpha value is -1.51. The quantitative estimate of drug-likeness (QED) is 0.611. The molecule has 4 heteroatoms. The molecule has 0 unspecified atom stereocenters. The number of hydrogen-bond donors (Lipinski definition) is 0. The summed E-state index contributed by atoms with van der Waals surface area (Å²) in [6.07, 6.45) is 4.20. The molecule has 0 fully saturated rings. The molecule has 2 aromatic heterocycles. The first kappa shape index (κ1) is 14.9. The molecule has 2 heterocycles. The van der Waals surface area contributed by atoms with E-state index in [4.69, 9.17) is 11.6 Å². The number of hydrogen-bond acceptors (Lipinski definition) is 0. The van der Waals surface area contributed by atoms with Crippen molar-refractivity contribution >= 4 is 17.2 Å². The molecule has 0 radical (unpaired) electrons. The van der Waals surface area contributed by atoms with Gasteiger partial charge in [-0.1, -0.05) is 29.8 Å². The summed E-state index contributed by atoms with van der Waals surface area (Å²) >= 11 is 6.23. The van der Waals surface area contributed by atoms with Gasteiger partial charge in [-0.25, -0.2) is 8.97 Å². The van der Waals surface area contributed by atoms with Crippen molar-refractivity contribution in [2.24, 2.45) is 0 Å². The monoisotopic (exact) mass is 306 g/mol. The smallest absolute Gasteiger partial charge is 0.286 e. The number of benzene rings is 1. The van der Waals surface area contributed by atoms with Gasteiger partial charge in [0.15, 0.2) is 0 Å². The van der Waals surface area contributed by atoms with Crippen molar-refractivity contribution in [1.82, 2.24) is 4.40 Å². The number of pyridine rings is 1. The van der Waals surface area contributed by atoms with Crippen molar-refractivity contribution in [3.63, 3.8) is 0 Å². The second kappa shape index (κ2) is 5.86. The Morgan fingerprint density at radius 1 is 1.15 bits per heavy atom. The van der Waals surface area contributed by atoms with Crippen LogP contribution in [0.2, 0.25) is 5.02 Å². The highest BCUT2D eigenvalue weighted by atomic mass is 35.5. The first-order valence-corrected chi connectivity index (χ1v) is 6.74. The normalized spacial score (nSPS) is 10.6. The maximum atomic E-state index is 6.23. The van der Waals surface area contributed by atoms with Gasteiger partial charge in [0, 0.05) is 16.7 Å². The highest BCUT2D eigenvalue weighted by Crippen LogP contribution is 2.15. The average Bonchev–Trinajstić information content (AvgIpc) is 2.76. The summed E-state index contributed by atoms with van der Waals surface area (Å²) in [6.45, 7) is 5.04. The van der Waals surface area contributed by atoms with E-state index >= 15 is 0 Å². The Balaban J connectivity index is 0.00000147. The van der Waals surface area contributed by atoms with Crippen molar-refractivity contribution in [3.8, 4) is 0 Å². The topological polar surface area (TPSA) is 8.29 Å². The fourth-order valence-corrected chi connectivity index (χ4v) is 2.67. The summed E-state index contributed by atoms with van der Waals surface area (Å²) in [4.78, 5) is 0. The Bertz CT molecular complexity index is 747. The number of nitrogens with zero attached hydrogens (tertiary/aromatic N) is 2. The third-order valence-electron chi connectivity index (χ3n) is 3.41. The average molecular weight is 307 g/mol. The van der Waals surface area contributed by atoms with Crippen LogP contribution in [0.4, 0.5) is 0 Å². The number of aromatic nitrogens is 2. The van der Waals surface area contributed by atoms with Gasteiger partial charge in [-0.05, 0) is 31.5 Å². The van der Waals surface area contributed by atoms with Crippen molar-refractivity contribution in [2.45, 2.75) is 20.4 Å². The minimum absolute atomic E-state index is 0. The molecule has 0 spiro atoms. The first-order chi connectivity index (χ1) is 9.15. The minimum atomic E-state index is 0. The van der Waals surface area contributed by atoms with E-state index < -0.39 is 0 Å². The molecule has 3 aromatic rings. The van der Waals surface area contributed by atoms with E-state index in [-0.39, 0.29) is 12.4 Å². The largest absolute Gasteiger partial charge is 1.00 e. The SMILES string of the molecule is Cc1cc(C)n2cc[n+](Cc3ccccc3Cl)c2c1.[Cl-]. The van der Waals surface area contributed by atoms with Crippen LogP contribution in [0.1, 0.15) is 16.8 Å². The van der Waals surface area contributed by atoms with Crippen molar-refractivity contribution in [3.05, 3.63) is 70.6 Å². The molecule has 0 amide bonds. The fourth-order valence-electron chi connectivity index (χ4n) is 2.48. The summed E-state index contributed by atoms with van der Waals surface area (Å²) in [6, 6.07) is 12.4. The molecular weight excluding hydrogens is 291 g/mol. The van der Waals surface area contributed by atoms with Crippen molar-refractivity contribution in [1.29, 1.82) is 0 Å². The van der Waals surface area contributed by atoms with Crippen molar-refractivity contribution in [2.75, 3.05) is 0 Å². The highest BCUT2D eigenvalue weighted by Gasteiger charge is 2.13. The third kappa shape index (κ3) is 2.67. The molecule has 0 aliphatic heterocycles. The lowest BCUT2D eigenvalue weighted by Crippen LogP contribution is -3.00. The van der Waals surface area contributed by atoms with Gasteiger partial charge >= 0.3 is 0 Å². The summed E-state index contributed by atoms with van der Waals surface area (Å²) in [5.74, 6) is 0. The predicted molar refractivity (Wildman–Crippen MR) is 77.6 cm³/mol. The molecule has 20 heavy (non-hydrogen) atoms. The summed E-state index contributed by atoms with van der Waals surface area (Å²) in [5.41, 5.74) is 4.85. The molecule has 0 saturated carbocycles. The molecule has 0 aliphatic carbocycles. The van der Waals surface area contributed by atoms with Gasteiger partial charge in [-0.2, -0.15) is 0 Å². The third-order valence-corrected chi connectivity index (χ3v) is 3.78. The van der Waals surface area contributed by atoms with Crippen LogP contribution in [-0.2, 0) is 6.54 Å². The second-order valence-corrected chi connectivity index (χ2v) is 5.33. The number of rotatable bonds is 2. The standard InChI is InChI=1S/C16H16ClN2.ClH/c1-12-9-13(2)19-8-7-18(16(19)10-12)11-14-5-3-4-6-15(14)17;/h3-10H,11H2,1-2H3;1H/q+1;/p-1. The highest BCUT2D eigenvalue weighted by molar-refractivity contribution is 6.31. The molecule has 0 bridgehead atoms. The Morgan fingerprint density at radius 3 is 2.65 bits per heavy atom. The lowest BCUT2D eigenvalue weighted by atomic mass is 10.2. The van der Waals surface area contributed by atoms with Gasteiger partial charge in [0.2, 0.25) is 0 Å². The molecular formula is C16H16Cl2N2. The molecule has 0 aliphatic rings. The van der Waals surface area contributed by atoms with Crippen molar-refractivity contribution < 1.29 is 17.0 Å². The number of fused-ring (bicyclic) bond motifs is 1. The fraction of sp³-hybridized carbons (Fsp3) is 0.188. The number of halogens is 2. The van der Waals surface area contributed by atoms with E-state index in [0.29, 0.717) is 0 Å². The maximum absolute atomic E-state index is 6.23. The van der Waals surface area contributed by atoms with Gasteiger partial charge in [0.05, 0.1) is 0 Å². The van der Waals surface area contributed by atoms with Crippen LogP contribution >= 0.6 is 11.6 Å². The van der Waals surface area contributed by atoms with Gasteiger partial charge in [-0.3, -0.25) is 0 Å². The zero-order valence-electron chi connectivity index (χ0n) is 11.5. The molecule has 104 valence electrons. The van der Waals surface area contributed by atoms with Crippen LogP contribution < -0.4 is 17.0 Å². The lowest BCUT2D eigenvalue weighted by molar-refractivity contribution is -0.661. The Morgan fingerprint density at radius 2 is 1.90 bits per heavy atom. The molecule has 1 aromatic carbocycles. The van der Waals surface area contributed by atoms with E-state index in [1.165, 1.54) is 16.9 Å². The van der Waals surface area contributed by atoms with E-state index in [9.17, 15) is 0 Å². The zero-order valence-corrected chi connectivity index (χ0v) is 13.0. The molecule has 2 nitrogen and oxygen atoms in total. The van der Waals surface area contributed by atoms with Gasteiger partial charge in [0.1, 0.15) is 24.6 Å². The summed E-state index contributed by atoms with van der Waals surface area (Å²) in [5, 5.41) is 0.818. The first-order valence-electron chi connectivity index (χ1n) is 6.36. The van der Waals surface area contributed by atoms with E-state index in [0.717, 1.165) is 17.1 Å². The van der Waals surface area contributed by atoms with Crippen LogP contribution in [-0.4, -0.2) is 4.40 Å². The molecule has 0 saturated heterocycles. The molecule has 0 N–H and O–H groups in total.